The van der Waals surface area contributed by atoms with Gasteiger partial charge in [0.25, 0.3) is 5.91 Å². The van der Waals surface area contributed by atoms with Crippen LogP contribution in [0.5, 0.6) is 0 Å². The van der Waals surface area contributed by atoms with Crippen LogP contribution in [0.3, 0.4) is 0 Å². The number of carbonyl (C=O) groups is 1. The van der Waals surface area contributed by atoms with Crippen LogP contribution >= 0.6 is 15.9 Å². The topological polar surface area (TPSA) is 29.1 Å². The van der Waals surface area contributed by atoms with E-state index in [-0.39, 0.29) is 5.91 Å². The van der Waals surface area contributed by atoms with E-state index in [4.69, 9.17) is 0 Å². The van der Waals surface area contributed by atoms with E-state index in [1.165, 1.54) is 5.56 Å². The van der Waals surface area contributed by atoms with Gasteiger partial charge in [-0.05, 0) is 41.3 Å². The Bertz CT molecular complexity index is 590. The Morgan fingerprint density at radius 2 is 1.85 bits per heavy atom. The van der Waals surface area contributed by atoms with Crippen molar-refractivity contribution < 1.29 is 4.79 Å². The van der Waals surface area contributed by atoms with Gasteiger partial charge >= 0.3 is 0 Å². The van der Waals surface area contributed by atoms with Crippen molar-refractivity contribution in [2.75, 3.05) is 0 Å². The summed E-state index contributed by atoms with van der Waals surface area (Å²) >= 11 is 3.42. The van der Waals surface area contributed by atoms with Crippen LogP contribution < -0.4 is 5.32 Å². The van der Waals surface area contributed by atoms with Gasteiger partial charge in [-0.3, -0.25) is 4.79 Å². The highest BCUT2D eigenvalue weighted by Gasteiger charge is 2.06. The zero-order chi connectivity index (χ0) is 14.5. The quantitative estimate of drug-likeness (QED) is 0.877. The molecule has 0 aliphatic heterocycles. The van der Waals surface area contributed by atoms with E-state index < -0.39 is 0 Å². The number of halogens is 1. The van der Waals surface area contributed by atoms with Crippen molar-refractivity contribution in [1.82, 2.24) is 5.32 Å². The Kier molecular flexibility index (Phi) is 4.96. The molecule has 104 valence electrons. The molecule has 0 atom stereocenters. The molecule has 0 unspecified atom stereocenters. The fourth-order valence-corrected chi connectivity index (χ4v) is 2.40. The lowest BCUT2D eigenvalue weighted by Crippen LogP contribution is -2.22. The van der Waals surface area contributed by atoms with Gasteiger partial charge in [-0.25, -0.2) is 0 Å². The van der Waals surface area contributed by atoms with E-state index in [1.54, 1.807) is 0 Å². The van der Waals surface area contributed by atoms with Crippen molar-refractivity contribution in [2.24, 2.45) is 0 Å². The van der Waals surface area contributed by atoms with Crippen molar-refractivity contribution in [1.29, 1.82) is 0 Å². The second-order valence-corrected chi connectivity index (χ2v) is 6.00. The van der Waals surface area contributed by atoms with Crippen LogP contribution in [0, 0.1) is 0 Å². The first-order valence-corrected chi connectivity index (χ1v) is 7.48. The van der Waals surface area contributed by atoms with E-state index in [2.05, 4.69) is 35.1 Å². The lowest BCUT2D eigenvalue weighted by atomic mass is 10.0. The molecule has 0 bridgehead atoms. The van der Waals surface area contributed by atoms with Gasteiger partial charge in [-0.1, -0.05) is 54.0 Å². The monoisotopic (exact) mass is 331 g/mol. The third kappa shape index (κ3) is 3.94. The predicted molar refractivity (Wildman–Crippen MR) is 85.8 cm³/mol. The molecule has 0 fully saturated rings. The van der Waals surface area contributed by atoms with Crippen molar-refractivity contribution in [2.45, 2.75) is 26.3 Å². The number of hydrogen-bond acceptors (Lipinski definition) is 1. The Hall–Kier alpha value is -1.61. The fraction of sp³-hybridized carbons (Fsp3) is 0.235. The molecular formula is C17H18BrNO. The van der Waals surface area contributed by atoms with Crippen molar-refractivity contribution in [3.8, 4) is 0 Å². The maximum absolute atomic E-state index is 12.1. The standard InChI is InChI=1S/C17H18BrNO/c1-12(2)14-6-8-15(9-7-14)17(20)19-11-13-4-3-5-16(18)10-13/h3-10,12H,11H2,1-2H3,(H,19,20). The minimum absolute atomic E-state index is 0.0414. The van der Waals surface area contributed by atoms with E-state index >= 15 is 0 Å². The Balaban J connectivity index is 1.98. The molecule has 2 aromatic carbocycles. The summed E-state index contributed by atoms with van der Waals surface area (Å²) in [5.74, 6) is 0.439. The zero-order valence-electron chi connectivity index (χ0n) is 11.7. The first-order valence-electron chi connectivity index (χ1n) is 6.69. The van der Waals surface area contributed by atoms with E-state index in [0.717, 1.165) is 10.0 Å². The predicted octanol–water partition coefficient (Wildman–Crippen LogP) is 4.50. The van der Waals surface area contributed by atoms with E-state index in [9.17, 15) is 4.79 Å². The summed E-state index contributed by atoms with van der Waals surface area (Å²) in [6.07, 6.45) is 0. The van der Waals surface area contributed by atoms with E-state index in [1.807, 2.05) is 48.5 Å². The summed E-state index contributed by atoms with van der Waals surface area (Å²) in [6.45, 7) is 4.81. The van der Waals surface area contributed by atoms with Crippen LogP contribution in [0.1, 0.15) is 41.3 Å². The van der Waals surface area contributed by atoms with Gasteiger partial charge in [0.15, 0.2) is 0 Å². The van der Waals surface area contributed by atoms with Crippen LogP contribution in [0.4, 0.5) is 0 Å². The molecule has 1 N–H and O–H groups in total. The van der Waals surface area contributed by atoms with Crippen LogP contribution in [-0.2, 0) is 6.54 Å². The van der Waals surface area contributed by atoms with Crippen molar-refractivity contribution in [3.63, 3.8) is 0 Å². The smallest absolute Gasteiger partial charge is 0.251 e. The van der Waals surface area contributed by atoms with Gasteiger partial charge in [0.1, 0.15) is 0 Å². The minimum Gasteiger partial charge on any atom is -0.348 e. The lowest BCUT2D eigenvalue weighted by molar-refractivity contribution is 0.0951. The molecule has 2 nitrogen and oxygen atoms in total. The molecule has 20 heavy (non-hydrogen) atoms. The maximum Gasteiger partial charge on any atom is 0.251 e. The van der Waals surface area contributed by atoms with Crippen LogP contribution in [0.25, 0.3) is 0 Å². The minimum atomic E-state index is -0.0414. The number of carbonyl (C=O) groups excluding carboxylic acids is 1. The molecule has 0 spiro atoms. The molecule has 0 radical (unpaired) electrons. The highest BCUT2D eigenvalue weighted by Crippen LogP contribution is 2.15. The molecule has 0 aliphatic carbocycles. The van der Waals surface area contributed by atoms with Gasteiger partial charge in [0.05, 0.1) is 0 Å². The first kappa shape index (κ1) is 14.8. The molecule has 2 rings (SSSR count). The maximum atomic E-state index is 12.1. The summed E-state index contributed by atoms with van der Waals surface area (Å²) < 4.78 is 1.02. The summed E-state index contributed by atoms with van der Waals surface area (Å²) in [7, 11) is 0. The zero-order valence-corrected chi connectivity index (χ0v) is 13.3. The highest BCUT2D eigenvalue weighted by molar-refractivity contribution is 9.10. The summed E-state index contributed by atoms with van der Waals surface area (Å²) in [5, 5.41) is 2.93. The average molecular weight is 332 g/mol. The summed E-state index contributed by atoms with van der Waals surface area (Å²) in [6, 6.07) is 15.7. The SMILES string of the molecule is CC(C)c1ccc(C(=O)NCc2cccc(Br)c2)cc1. The lowest BCUT2D eigenvalue weighted by Gasteiger charge is -2.08. The van der Waals surface area contributed by atoms with Crippen molar-refractivity contribution in [3.05, 3.63) is 69.7 Å². The number of nitrogens with one attached hydrogen (secondary N) is 1. The number of hydrogen-bond donors (Lipinski definition) is 1. The van der Waals surface area contributed by atoms with E-state index in [0.29, 0.717) is 18.0 Å². The summed E-state index contributed by atoms with van der Waals surface area (Å²) in [5.41, 5.74) is 3.02. The molecule has 3 heteroatoms. The van der Waals surface area contributed by atoms with Gasteiger partial charge in [-0.15, -0.1) is 0 Å². The van der Waals surface area contributed by atoms with Crippen LogP contribution in [-0.4, -0.2) is 5.91 Å². The Labute approximate surface area is 128 Å². The normalized spacial score (nSPS) is 10.6. The van der Waals surface area contributed by atoms with Gasteiger partial charge in [-0.2, -0.15) is 0 Å². The van der Waals surface area contributed by atoms with Gasteiger partial charge < -0.3 is 5.32 Å². The largest absolute Gasteiger partial charge is 0.348 e. The molecule has 0 heterocycles. The van der Waals surface area contributed by atoms with Crippen LogP contribution in [0.2, 0.25) is 0 Å². The highest BCUT2D eigenvalue weighted by atomic mass is 79.9. The first-order chi connectivity index (χ1) is 9.56. The van der Waals surface area contributed by atoms with Gasteiger partial charge in [0.2, 0.25) is 0 Å². The molecule has 0 saturated carbocycles. The average Bonchev–Trinajstić information content (AvgIpc) is 2.45. The number of benzene rings is 2. The molecule has 0 saturated heterocycles. The second-order valence-electron chi connectivity index (χ2n) is 5.09. The number of rotatable bonds is 4. The Morgan fingerprint density at radius 3 is 2.45 bits per heavy atom. The Morgan fingerprint density at radius 1 is 1.15 bits per heavy atom. The molecule has 2 aromatic rings. The second kappa shape index (κ2) is 6.71. The van der Waals surface area contributed by atoms with Crippen molar-refractivity contribution >= 4 is 21.8 Å². The fourth-order valence-electron chi connectivity index (χ4n) is 1.95. The third-order valence-corrected chi connectivity index (χ3v) is 3.67. The third-order valence-electron chi connectivity index (χ3n) is 3.18. The summed E-state index contributed by atoms with van der Waals surface area (Å²) in [4.78, 5) is 12.1. The molecular weight excluding hydrogens is 314 g/mol. The molecule has 0 aromatic heterocycles. The molecule has 1 amide bonds. The van der Waals surface area contributed by atoms with Gasteiger partial charge in [0, 0.05) is 16.6 Å². The number of amides is 1. The molecule has 0 aliphatic rings. The van der Waals surface area contributed by atoms with Crippen LogP contribution in [0.15, 0.2) is 53.0 Å².